The topological polar surface area (TPSA) is 167 Å². The first-order chi connectivity index (χ1) is 32.0. The van der Waals surface area contributed by atoms with Gasteiger partial charge in [-0.1, -0.05) is 103 Å². The van der Waals surface area contributed by atoms with E-state index in [1.165, 1.54) is 7.11 Å². The molecular weight excluding hydrogens is 877 g/mol. The summed E-state index contributed by atoms with van der Waals surface area (Å²) in [6.45, 7) is 11.4. The Kier molecular flexibility index (Phi) is 11.9. The fourth-order valence-corrected chi connectivity index (χ4v) is 22.2. The van der Waals surface area contributed by atoms with Gasteiger partial charge in [0.15, 0.2) is 40.0 Å². The van der Waals surface area contributed by atoms with Crippen LogP contribution < -0.4 is 22.0 Å². The fraction of sp³-hybridized carbons (Fsp3) is 0.327. The number of esters is 1. The van der Waals surface area contributed by atoms with Gasteiger partial charge in [-0.15, -0.1) is 0 Å². The minimum Gasteiger partial charge on any atom is -0.469 e. The van der Waals surface area contributed by atoms with E-state index in [-0.39, 0.29) is 5.97 Å². The maximum atomic E-state index is 11.6. The smallest absolute Gasteiger partial charge is 0.469 e. The monoisotopic (exact) mass is 932 g/mol. The number of carbonyl (C=O) groups excluding carboxylic acids is 1. The number of nitrogens with one attached hydrogen (secondary N) is 1. The summed E-state index contributed by atoms with van der Waals surface area (Å²) in [6, 6.07) is 34.7. The normalized spacial score (nSPS) is 17.0. The highest BCUT2D eigenvalue weighted by Crippen LogP contribution is 2.45. The van der Waals surface area contributed by atoms with Crippen molar-refractivity contribution in [2.24, 2.45) is 35.7 Å². The molecule has 2 aromatic heterocycles. The van der Waals surface area contributed by atoms with E-state index in [1.54, 1.807) is 0 Å². The van der Waals surface area contributed by atoms with E-state index in [1.807, 2.05) is 24.3 Å². The van der Waals surface area contributed by atoms with Crippen molar-refractivity contribution >= 4 is 88.0 Å². The predicted octanol–water partition coefficient (Wildman–Crippen LogP) is 7.88. The van der Waals surface area contributed by atoms with Gasteiger partial charge < -0.3 is 24.0 Å². The number of nitrogens with zero attached hydrogens (tertiary/aromatic N) is 8. The molecule has 0 saturated carbocycles. The summed E-state index contributed by atoms with van der Waals surface area (Å²) in [5.74, 6) is 3.42. The number of ether oxygens (including phenoxy) is 1. The number of aromatic nitrogens is 2. The average molecular weight is 933 g/mol. The van der Waals surface area contributed by atoms with Gasteiger partial charge in [-0.3, -0.25) is 13.3 Å². The molecule has 0 saturated heterocycles. The standard InChI is InChI=1S/C49H56N10O4Si3/c1-61-41(60)27-7-6-16-29-51-30-18-32-65(4,5)63-66(62-64(2,3)31-17-28-50)58-46-37-23-12-13-24-38(37)48(58)56-44-35-21-10-11-22-36(35)45(53-44)57-49-40-26-15-14-25-39(40)47(59(49)66)55-43-34-20-9-8-19-33(34)42(52-43)54-46/h8-15,19-26,51H,6-7,16-18,27-32,50H2,1-5H3. The van der Waals surface area contributed by atoms with Crippen molar-refractivity contribution in [3.8, 4) is 0 Å². The molecule has 0 spiro atoms. The van der Waals surface area contributed by atoms with Crippen molar-refractivity contribution in [2.75, 3.05) is 26.7 Å². The molecule has 4 aromatic carbocycles. The van der Waals surface area contributed by atoms with E-state index in [0.717, 1.165) is 101 Å². The molecule has 6 aromatic rings. The molecule has 0 fully saturated rings. The Morgan fingerprint density at radius 1 is 0.561 bits per heavy atom. The lowest BCUT2D eigenvalue weighted by Gasteiger charge is -2.43. The molecule has 17 heteroatoms. The van der Waals surface area contributed by atoms with Gasteiger partial charge in [-0.2, -0.15) is 0 Å². The van der Waals surface area contributed by atoms with Crippen LogP contribution in [-0.4, -0.2) is 90.0 Å². The average Bonchev–Trinajstić information content (AvgIpc) is 4.03. The summed E-state index contributed by atoms with van der Waals surface area (Å²) in [7, 11) is -8.34. The Morgan fingerprint density at radius 2 is 1.00 bits per heavy atom. The number of unbranched alkanes of at least 4 members (excludes halogenated alkanes) is 2. The molecule has 4 aliphatic rings. The molecule has 6 bridgehead atoms. The second-order valence-electron chi connectivity index (χ2n) is 18.5. The minimum atomic E-state index is -4.29. The highest BCUT2D eigenvalue weighted by atomic mass is 28.5. The van der Waals surface area contributed by atoms with Crippen molar-refractivity contribution in [2.45, 2.75) is 76.8 Å². The molecule has 1 unspecified atom stereocenters. The van der Waals surface area contributed by atoms with Gasteiger partial charge in [0.05, 0.1) is 7.11 Å². The van der Waals surface area contributed by atoms with Gasteiger partial charge in [-0.25, -0.2) is 30.0 Å². The van der Waals surface area contributed by atoms with E-state index in [2.05, 4.69) is 113 Å². The summed E-state index contributed by atoms with van der Waals surface area (Å²) in [5, 5.41) is 7.25. The predicted molar refractivity (Wildman–Crippen MR) is 269 cm³/mol. The third kappa shape index (κ3) is 8.01. The highest BCUT2D eigenvalue weighted by Gasteiger charge is 2.57. The van der Waals surface area contributed by atoms with Crippen molar-refractivity contribution < 1.29 is 17.8 Å². The number of aliphatic imine (C=N–C) groups is 4. The number of methoxy groups -OCH3 is 1. The van der Waals surface area contributed by atoms with Crippen molar-refractivity contribution in [3.05, 3.63) is 130 Å². The van der Waals surface area contributed by atoms with Crippen molar-refractivity contribution in [1.29, 1.82) is 0 Å². The van der Waals surface area contributed by atoms with Crippen molar-refractivity contribution in [3.63, 3.8) is 0 Å². The van der Waals surface area contributed by atoms with Crippen LogP contribution >= 0.6 is 0 Å². The molecule has 0 aliphatic carbocycles. The molecule has 4 aliphatic heterocycles. The largest absolute Gasteiger partial charge is 0.582 e. The summed E-state index contributed by atoms with van der Waals surface area (Å²) in [6.07, 6.45) is 4.94. The van der Waals surface area contributed by atoms with E-state index in [0.29, 0.717) is 58.9 Å². The minimum absolute atomic E-state index is 0.155. The van der Waals surface area contributed by atoms with E-state index in [9.17, 15) is 4.79 Å². The SMILES string of the molecule is COC(=O)CCCCCNCCC[Si](C)(C)O[Si]1(O[Si](C)(C)CCCN)n2c3c4ccccc4c2N=C2N=C(N=c4c5ccccc5c(n41)=NC1=NC(=N3)c3ccccc31)c1ccccc12. The molecule has 1 atom stereocenters. The third-order valence-electron chi connectivity index (χ3n) is 12.7. The zero-order valence-corrected chi connectivity index (χ0v) is 41.3. The van der Waals surface area contributed by atoms with Gasteiger partial charge in [-0.05, 0) is 83.6 Å². The molecule has 0 amide bonds. The van der Waals surface area contributed by atoms with Crippen molar-refractivity contribution in [1.82, 2.24) is 13.8 Å². The third-order valence-corrected chi connectivity index (χ3v) is 24.4. The Labute approximate surface area is 387 Å². The number of nitrogens with two attached hydrogens (primary N) is 1. The quantitative estimate of drug-likeness (QED) is 0.0537. The second-order valence-corrected chi connectivity index (χ2v) is 30.2. The van der Waals surface area contributed by atoms with Crippen LogP contribution in [0.2, 0.25) is 38.3 Å². The Bertz CT molecular complexity index is 3010. The lowest BCUT2D eigenvalue weighted by atomic mass is 10.1. The van der Waals surface area contributed by atoms with Gasteiger partial charge >= 0.3 is 14.9 Å². The van der Waals surface area contributed by atoms with Crippen LogP contribution in [0, 0.1) is 0 Å². The van der Waals surface area contributed by atoms with Crippen LogP contribution in [0.25, 0.3) is 21.5 Å². The van der Waals surface area contributed by atoms with E-state index < -0.39 is 25.5 Å². The van der Waals surface area contributed by atoms with Crippen LogP contribution in [0.15, 0.2) is 127 Å². The number of fused-ring (bicyclic) bond motifs is 14. The lowest BCUT2D eigenvalue weighted by Crippen LogP contribution is -2.70. The van der Waals surface area contributed by atoms with Gasteiger partial charge in [0.2, 0.25) is 0 Å². The van der Waals surface area contributed by atoms with Crippen LogP contribution in [0.5, 0.6) is 0 Å². The molecule has 14 nitrogen and oxygen atoms in total. The Balaban J connectivity index is 1.26. The van der Waals surface area contributed by atoms with E-state index in [4.69, 9.17) is 48.7 Å². The summed E-state index contributed by atoms with van der Waals surface area (Å²) in [4.78, 5) is 44.6. The molecule has 10 rings (SSSR count). The Morgan fingerprint density at radius 3 is 1.48 bits per heavy atom. The lowest BCUT2D eigenvalue weighted by molar-refractivity contribution is -0.140. The summed E-state index contributed by atoms with van der Waals surface area (Å²) >= 11 is 0. The highest BCUT2D eigenvalue weighted by molar-refractivity contribution is 6.88. The van der Waals surface area contributed by atoms with Crippen LogP contribution in [0.4, 0.5) is 11.6 Å². The zero-order chi connectivity index (χ0) is 45.6. The molecule has 338 valence electrons. The molecule has 6 heterocycles. The summed E-state index contributed by atoms with van der Waals surface area (Å²) in [5.41, 5.74) is 11.2. The molecule has 0 radical (unpaired) electrons. The number of hydrogen-bond acceptors (Lipinski definition) is 12. The van der Waals surface area contributed by atoms with Gasteiger partial charge in [0.1, 0.15) is 22.6 Å². The van der Waals surface area contributed by atoms with Crippen LogP contribution in [-0.2, 0) is 17.8 Å². The fourth-order valence-electron chi connectivity index (χ4n) is 9.55. The van der Waals surface area contributed by atoms with E-state index >= 15 is 0 Å². The first-order valence-electron chi connectivity index (χ1n) is 23.1. The van der Waals surface area contributed by atoms with Gasteiger partial charge in [0.25, 0.3) is 0 Å². The van der Waals surface area contributed by atoms with Crippen LogP contribution in [0.1, 0.15) is 60.8 Å². The van der Waals surface area contributed by atoms with Crippen LogP contribution in [0.3, 0.4) is 0 Å². The maximum Gasteiger partial charge on any atom is 0.582 e. The zero-order valence-electron chi connectivity index (χ0n) is 38.3. The number of amidine groups is 4. The molecule has 66 heavy (non-hydrogen) atoms. The second kappa shape index (κ2) is 17.8. The first-order valence-corrected chi connectivity index (χ1v) is 31.1. The Hall–Kier alpha value is -5.80. The molecular formula is C49H56N10O4Si3. The number of rotatable bonds is 17. The number of carbonyl (C=O) groups is 1. The number of benzene rings is 4. The maximum absolute atomic E-state index is 11.6. The summed E-state index contributed by atoms with van der Waals surface area (Å²) < 4.78 is 25.8. The van der Waals surface area contributed by atoms with Gasteiger partial charge in [0, 0.05) is 50.2 Å². The molecule has 3 N–H and O–H groups in total. The first kappa shape index (κ1) is 44.1. The number of hydrogen-bond donors (Lipinski definition) is 2.